The van der Waals surface area contributed by atoms with Crippen LogP contribution in [0.1, 0.15) is 25.3 Å². The number of quaternary nitrogens is 1. The Morgan fingerprint density at radius 1 is 1.31 bits per heavy atom. The third-order valence-corrected chi connectivity index (χ3v) is 5.86. The van der Waals surface area contributed by atoms with Crippen molar-refractivity contribution in [1.29, 1.82) is 0 Å². The topological polar surface area (TPSA) is 94.6 Å². The zero-order valence-corrected chi connectivity index (χ0v) is 18.4. The average Bonchev–Trinajstić information content (AvgIpc) is 3.37. The zero-order valence-electron chi connectivity index (χ0n) is 16.8. The van der Waals surface area contributed by atoms with Gasteiger partial charge in [-0.2, -0.15) is 0 Å². The summed E-state index contributed by atoms with van der Waals surface area (Å²) < 4.78 is 10.9. The first kappa shape index (κ1) is 21.3. The summed E-state index contributed by atoms with van der Waals surface area (Å²) in [6.07, 6.45) is 0.899. The molecule has 1 aromatic carbocycles. The van der Waals surface area contributed by atoms with Gasteiger partial charge in [-0.25, -0.2) is 4.98 Å². The molecule has 0 aliphatic heterocycles. The molecule has 0 saturated carbocycles. The summed E-state index contributed by atoms with van der Waals surface area (Å²) in [7, 11) is 5.73. The van der Waals surface area contributed by atoms with E-state index in [1.807, 2.05) is 43.7 Å². The van der Waals surface area contributed by atoms with Gasteiger partial charge in [0.25, 0.3) is 11.1 Å². The first-order valence-corrected chi connectivity index (χ1v) is 11.0. The summed E-state index contributed by atoms with van der Waals surface area (Å²) in [5.74, 6) is 1.39. The van der Waals surface area contributed by atoms with Gasteiger partial charge in [0.1, 0.15) is 5.75 Å². The Morgan fingerprint density at radius 2 is 2.07 bits per heavy atom. The number of anilines is 1. The first-order chi connectivity index (χ1) is 14.0. The molecule has 0 fully saturated rings. The normalized spacial score (nSPS) is 12.2. The molecular weight excluding hydrogens is 410 g/mol. The first-order valence-electron chi connectivity index (χ1n) is 9.16. The number of carbonyl (C=O) groups excluding carboxylic acids is 1. The van der Waals surface area contributed by atoms with Gasteiger partial charge in [-0.3, -0.25) is 4.79 Å². The maximum atomic E-state index is 12.2. The molecule has 0 radical (unpaired) electrons. The molecule has 2 heterocycles. The number of ether oxygens (including phenoxy) is 1. The second-order valence-electron chi connectivity index (χ2n) is 6.55. The van der Waals surface area contributed by atoms with Crippen molar-refractivity contribution in [3.05, 3.63) is 35.5 Å². The zero-order chi connectivity index (χ0) is 20.8. The number of thioether (sulfide) groups is 1. The monoisotopic (exact) mass is 434 g/mol. The standard InChI is InChI=1S/C19H23N5O3S2/c1-5-15(24(2)3)17-22-23-19(27-17)29-11-16(25)21-18-20-14(10-28-18)12-6-8-13(26-4)9-7-12/h6-10,15H,5,11H2,1-4H3,(H,20,21,25)/p+1/t15-/m0/s1. The van der Waals surface area contributed by atoms with Gasteiger partial charge >= 0.3 is 0 Å². The van der Waals surface area contributed by atoms with Crippen LogP contribution in [0, 0.1) is 0 Å². The number of hydrogen-bond acceptors (Lipinski definition) is 8. The fourth-order valence-corrected chi connectivity index (χ4v) is 4.06. The van der Waals surface area contributed by atoms with Crippen molar-refractivity contribution in [3.8, 4) is 17.0 Å². The summed E-state index contributed by atoms with van der Waals surface area (Å²) in [5.41, 5.74) is 1.77. The predicted molar refractivity (Wildman–Crippen MR) is 114 cm³/mol. The lowest BCUT2D eigenvalue weighted by Crippen LogP contribution is -3.06. The van der Waals surface area contributed by atoms with Crippen molar-refractivity contribution in [1.82, 2.24) is 15.2 Å². The minimum absolute atomic E-state index is 0.150. The molecule has 154 valence electrons. The van der Waals surface area contributed by atoms with Crippen molar-refractivity contribution in [2.45, 2.75) is 24.6 Å². The smallest absolute Gasteiger partial charge is 0.277 e. The average molecular weight is 435 g/mol. The highest BCUT2D eigenvalue weighted by Crippen LogP contribution is 2.27. The van der Waals surface area contributed by atoms with Crippen LogP contribution in [0.25, 0.3) is 11.3 Å². The lowest BCUT2D eigenvalue weighted by molar-refractivity contribution is -0.894. The van der Waals surface area contributed by atoms with Gasteiger partial charge in [-0.15, -0.1) is 21.5 Å². The van der Waals surface area contributed by atoms with E-state index in [4.69, 9.17) is 9.15 Å². The van der Waals surface area contributed by atoms with Crippen LogP contribution in [0.4, 0.5) is 5.13 Å². The molecule has 0 spiro atoms. The second kappa shape index (κ2) is 9.86. The molecule has 8 nitrogen and oxygen atoms in total. The Morgan fingerprint density at radius 3 is 2.72 bits per heavy atom. The number of amides is 1. The number of methoxy groups -OCH3 is 1. The lowest BCUT2D eigenvalue weighted by Gasteiger charge is -2.15. The van der Waals surface area contributed by atoms with E-state index in [1.165, 1.54) is 28.0 Å². The summed E-state index contributed by atoms with van der Waals surface area (Å²) in [4.78, 5) is 17.9. The van der Waals surface area contributed by atoms with E-state index >= 15 is 0 Å². The molecule has 3 aromatic rings. The van der Waals surface area contributed by atoms with Crippen molar-refractivity contribution in [2.75, 3.05) is 32.3 Å². The van der Waals surface area contributed by atoms with Crippen LogP contribution in [0.3, 0.4) is 0 Å². The maximum absolute atomic E-state index is 12.2. The Labute approximate surface area is 177 Å². The molecule has 0 bridgehead atoms. The Kier molecular flexibility index (Phi) is 7.24. The van der Waals surface area contributed by atoms with Crippen molar-refractivity contribution < 1.29 is 18.8 Å². The van der Waals surface area contributed by atoms with Gasteiger partial charge in [-0.1, -0.05) is 18.7 Å². The number of carbonyl (C=O) groups is 1. The Hall–Kier alpha value is -2.43. The van der Waals surface area contributed by atoms with E-state index in [0.29, 0.717) is 16.2 Å². The molecule has 29 heavy (non-hydrogen) atoms. The van der Waals surface area contributed by atoms with Crippen molar-refractivity contribution >= 4 is 34.1 Å². The fourth-order valence-electron chi connectivity index (χ4n) is 2.76. The summed E-state index contributed by atoms with van der Waals surface area (Å²) in [5, 5.41) is 13.8. The van der Waals surface area contributed by atoms with Gasteiger partial charge in [0.2, 0.25) is 5.91 Å². The van der Waals surface area contributed by atoms with Crippen LogP contribution in [-0.4, -0.2) is 48.0 Å². The highest BCUT2D eigenvalue weighted by atomic mass is 32.2. The van der Waals surface area contributed by atoms with Gasteiger partial charge in [-0.05, 0) is 24.3 Å². The molecular formula is C19H24N5O3S2+. The summed E-state index contributed by atoms with van der Waals surface area (Å²) >= 11 is 2.60. The molecule has 1 amide bonds. The molecule has 10 heteroatoms. The highest BCUT2D eigenvalue weighted by Gasteiger charge is 2.22. The van der Waals surface area contributed by atoms with E-state index in [0.717, 1.165) is 23.4 Å². The molecule has 0 aliphatic rings. The number of nitrogens with one attached hydrogen (secondary N) is 2. The van der Waals surface area contributed by atoms with E-state index in [1.54, 1.807) is 7.11 Å². The molecule has 0 saturated heterocycles. The van der Waals surface area contributed by atoms with Crippen molar-refractivity contribution in [2.24, 2.45) is 0 Å². The summed E-state index contributed by atoms with van der Waals surface area (Å²) in [6, 6.07) is 7.77. The molecule has 0 aliphatic carbocycles. The van der Waals surface area contributed by atoms with Crippen LogP contribution < -0.4 is 15.0 Å². The number of nitrogens with zero attached hydrogens (tertiary/aromatic N) is 3. The second-order valence-corrected chi connectivity index (χ2v) is 8.33. The molecule has 2 aromatic heterocycles. The van der Waals surface area contributed by atoms with E-state index in [2.05, 4.69) is 27.4 Å². The quantitative estimate of drug-likeness (QED) is 0.500. The predicted octanol–water partition coefficient (Wildman–Crippen LogP) is 2.53. The maximum Gasteiger partial charge on any atom is 0.277 e. The molecule has 3 rings (SSSR count). The van der Waals surface area contributed by atoms with Crippen LogP contribution >= 0.6 is 23.1 Å². The number of benzene rings is 1. The Balaban J connectivity index is 1.54. The number of rotatable bonds is 9. The van der Waals surface area contributed by atoms with Gasteiger partial charge < -0.3 is 19.4 Å². The summed E-state index contributed by atoms with van der Waals surface area (Å²) in [6.45, 7) is 2.08. The largest absolute Gasteiger partial charge is 0.497 e. The van der Waals surface area contributed by atoms with Crippen molar-refractivity contribution in [3.63, 3.8) is 0 Å². The SMILES string of the molecule is CC[C@@H](c1nnc(SCC(=O)Nc2nc(-c3ccc(OC)cc3)cs2)o1)[NH+](C)C. The molecule has 0 unspecified atom stereocenters. The molecule has 1 atom stereocenters. The van der Waals surface area contributed by atoms with E-state index < -0.39 is 0 Å². The van der Waals surface area contributed by atoms with Crippen LogP contribution in [-0.2, 0) is 4.79 Å². The van der Waals surface area contributed by atoms with Gasteiger partial charge in [0.05, 0.1) is 32.7 Å². The number of hydrogen-bond donors (Lipinski definition) is 2. The fraction of sp³-hybridized carbons (Fsp3) is 0.368. The van der Waals surface area contributed by atoms with Crippen LogP contribution in [0.2, 0.25) is 0 Å². The molecule has 2 N–H and O–H groups in total. The Bertz CT molecular complexity index is 939. The van der Waals surface area contributed by atoms with Gasteiger partial charge in [0.15, 0.2) is 11.2 Å². The van der Waals surface area contributed by atoms with Gasteiger partial charge in [0, 0.05) is 17.4 Å². The third kappa shape index (κ3) is 5.55. The van der Waals surface area contributed by atoms with Crippen LogP contribution in [0.5, 0.6) is 5.75 Å². The van der Waals surface area contributed by atoms with E-state index in [9.17, 15) is 4.79 Å². The lowest BCUT2D eigenvalue weighted by atomic mass is 10.2. The highest BCUT2D eigenvalue weighted by molar-refractivity contribution is 7.99. The number of aromatic nitrogens is 3. The minimum atomic E-state index is -0.171. The number of thiazole rings is 1. The minimum Gasteiger partial charge on any atom is -0.497 e. The van der Waals surface area contributed by atoms with E-state index in [-0.39, 0.29) is 17.7 Å². The van der Waals surface area contributed by atoms with Crippen LogP contribution in [0.15, 0.2) is 39.3 Å². The third-order valence-electron chi connectivity index (χ3n) is 4.29.